The van der Waals surface area contributed by atoms with Crippen molar-refractivity contribution in [3.8, 4) is 0 Å². The van der Waals surface area contributed by atoms with Gasteiger partial charge in [0.15, 0.2) is 0 Å². The normalized spacial score (nSPS) is 16.4. The van der Waals surface area contributed by atoms with E-state index in [0.29, 0.717) is 17.6 Å². The first-order chi connectivity index (χ1) is 9.98. The Kier molecular flexibility index (Phi) is 5.39. The molecule has 7 heteroatoms. The number of hydrogen-bond acceptors (Lipinski definition) is 4. The largest absolute Gasteiger partial charge is 0.411 e. The van der Waals surface area contributed by atoms with E-state index >= 15 is 0 Å². The Morgan fingerprint density at radius 2 is 2.00 bits per heavy atom. The Morgan fingerprint density at radius 3 is 2.62 bits per heavy atom. The molecule has 118 valence electrons. The molecule has 0 unspecified atom stereocenters. The Morgan fingerprint density at radius 1 is 1.29 bits per heavy atom. The first-order valence-electron chi connectivity index (χ1n) is 7.18. The molecule has 0 aromatic carbocycles. The molecule has 2 rings (SSSR count). The van der Waals surface area contributed by atoms with Crippen molar-refractivity contribution < 1.29 is 17.9 Å². The minimum absolute atomic E-state index is 0.0310. The summed E-state index contributed by atoms with van der Waals surface area (Å²) in [6.07, 6.45) is 0.629. The highest BCUT2D eigenvalue weighted by atomic mass is 19.4. The van der Waals surface area contributed by atoms with E-state index in [0.717, 1.165) is 18.5 Å². The monoisotopic (exact) mass is 303 g/mol. The summed E-state index contributed by atoms with van der Waals surface area (Å²) in [4.78, 5) is 8.76. The average molecular weight is 303 g/mol. The Labute approximate surface area is 122 Å². The van der Waals surface area contributed by atoms with Gasteiger partial charge in [0.1, 0.15) is 18.2 Å². The van der Waals surface area contributed by atoms with Crippen LogP contribution in [0.4, 0.5) is 19.0 Å². The van der Waals surface area contributed by atoms with Gasteiger partial charge in [-0.3, -0.25) is 0 Å². The third kappa shape index (κ3) is 5.15. The Balaban J connectivity index is 1.96. The van der Waals surface area contributed by atoms with E-state index in [1.807, 2.05) is 6.07 Å². The maximum atomic E-state index is 12.0. The van der Waals surface area contributed by atoms with Crippen LogP contribution in [0.15, 0.2) is 6.07 Å². The van der Waals surface area contributed by atoms with Gasteiger partial charge in [0, 0.05) is 31.1 Å². The van der Waals surface area contributed by atoms with E-state index in [9.17, 15) is 13.2 Å². The van der Waals surface area contributed by atoms with Crippen LogP contribution in [0, 0.1) is 0 Å². The molecule has 1 heterocycles. The molecule has 1 aliphatic carbocycles. The van der Waals surface area contributed by atoms with Crippen LogP contribution >= 0.6 is 0 Å². The highest BCUT2D eigenvalue weighted by Crippen LogP contribution is 2.33. The van der Waals surface area contributed by atoms with Gasteiger partial charge in [-0.1, -0.05) is 12.8 Å². The van der Waals surface area contributed by atoms with Gasteiger partial charge in [0.05, 0.1) is 6.61 Å². The van der Waals surface area contributed by atoms with Crippen LogP contribution in [0.1, 0.15) is 43.1 Å². The summed E-state index contributed by atoms with van der Waals surface area (Å²) in [7, 11) is 1.77. The minimum atomic E-state index is -4.29. The lowest BCUT2D eigenvalue weighted by molar-refractivity contribution is -0.173. The second kappa shape index (κ2) is 7.06. The molecule has 1 aromatic heterocycles. The summed E-state index contributed by atoms with van der Waals surface area (Å²) >= 11 is 0. The van der Waals surface area contributed by atoms with E-state index in [4.69, 9.17) is 0 Å². The van der Waals surface area contributed by atoms with Crippen LogP contribution in [0.3, 0.4) is 0 Å². The third-order valence-corrected chi connectivity index (χ3v) is 3.56. The SMILES string of the molecule is CNc1cc(C2CCCC2)nc(CCOCC(F)(F)F)n1. The second-order valence-corrected chi connectivity index (χ2v) is 5.24. The number of anilines is 1. The summed E-state index contributed by atoms with van der Waals surface area (Å²) in [6.45, 7) is -1.26. The van der Waals surface area contributed by atoms with Gasteiger partial charge in [0.2, 0.25) is 0 Å². The van der Waals surface area contributed by atoms with Crippen LogP contribution in [0.2, 0.25) is 0 Å². The zero-order chi connectivity index (χ0) is 15.3. The van der Waals surface area contributed by atoms with E-state index in [1.54, 1.807) is 7.05 Å². The molecule has 21 heavy (non-hydrogen) atoms. The Hall–Kier alpha value is -1.37. The number of ether oxygens (including phenoxy) is 1. The number of halogens is 3. The van der Waals surface area contributed by atoms with Gasteiger partial charge in [0.25, 0.3) is 0 Å². The molecule has 0 amide bonds. The van der Waals surface area contributed by atoms with Crippen molar-refractivity contribution >= 4 is 5.82 Å². The van der Waals surface area contributed by atoms with Gasteiger partial charge < -0.3 is 10.1 Å². The molecule has 1 aliphatic rings. The molecule has 0 bridgehead atoms. The van der Waals surface area contributed by atoms with Gasteiger partial charge >= 0.3 is 6.18 Å². The first-order valence-corrected chi connectivity index (χ1v) is 7.18. The van der Waals surface area contributed by atoms with Crippen molar-refractivity contribution in [3.05, 3.63) is 17.6 Å². The quantitative estimate of drug-likeness (QED) is 0.819. The van der Waals surface area contributed by atoms with Crippen molar-refractivity contribution in [1.29, 1.82) is 0 Å². The van der Waals surface area contributed by atoms with Gasteiger partial charge in [-0.2, -0.15) is 13.2 Å². The lowest BCUT2D eigenvalue weighted by Gasteiger charge is -2.12. The predicted octanol–water partition coefficient (Wildman–Crippen LogP) is 3.30. The highest BCUT2D eigenvalue weighted by molar-refractivity contribution is 5.36. The van der Waals surface area contributed by atoms with Crippen LogP contribution in [0.25, 0.3) is 0 Å². The fraction of sp³-hybridized carbons (Fsp3) is 0.714. The Bertz CT molecular complexity index is 459. The smallest absolute Gasteiger partial charge is 0.373 e. The van der Waals surface area contributed by atoms with E-state index in [2.05, 4.69) is 20.0 Å². The van der Waals surface area contributed by atoms with Gasteiger partial charge in [-0.25, -0.2) is 9.97 Å². The first kappa shape index (κ1) is 16.0. The minimum Gasteiger partial charge on any atom is -0.373 e. The number of hydrogen-bond donors (Lipinski definition) is 1. The molecule has 1 saturated carbocycles. The number of nitrogens with zero attached hydrogens (tertiary/aromatic N) is 2. The summed E-state index contributed by atoms with van der Waals surface area (Å²) in [5.41, 5.74) is 0.984. The van der Waals surface area contributed by atoms with E-state index < -0.39 is 12.8 Å². The van der Waals surface area contributed by atoms with Crippen LogP contribution in [-0.2, 0) is 11.2 Å². The van der Waals surface area contributed by atoms with Gasteiger partial charge in [-0.05, 0) is 12.8 Å². The second-order valence-electron chi connectivity index (χ2n) is 5.24. The molecular formula is C14H20F3N3O. The summed E-state index contributed by atoms with van der Waals surface area (Å²) in [5, 5.41) is 2.97. The average Bonchev–Trinajstić information content (AvgIpc) is 2.96. The zero-order valence-electron chi connectivity index (χ0n) is 12.0. The third-order valence-electron chi connectivity index (χ3n) is 3.56. The van der Waals surface area contributed by atoms with Crippen LogP contribution in [0.5, 0.6) is 0 Å². The van der Waals surface area contributed by atoms with Crippen LogP contribution < -0.4 is 5.32 Å². The molecule has 1 aromatic rings. The van der Waals surface area contributed by atoms with Crippen molar-refractivity contribution in [2.45, 2.75) is 44.2 Å². The molecule has 0 saturated heterocycles. The maximum Gasteiger partial charge on any atom is 0.411 e. The standard InChI is InChI=1S/C14H20F3N3O/c1-18-13-8-11(10-4-2-3-5-10)19-12(20-13)6-7-21-9-14(15,16)17/h8,10H,2-7,9H2,1H3,(H,18,19,20). The van der Waals surface area contributed by atoms with E-state index in [-0.39, 0.29) is 13.0 Å². The predicted molar refractivity (Wildman–Crippen MR) is 73.4 cm³/mol. The lowest BCUT2D eigenvalue weighted by Crippen LogP contribution is -2.18. The van der Waals surface area contributed by atoms with Crippen molar-refractivity contribution in [2.75, 3.05) is 25.6 Å². The van der Waals surface area contributed by atoms with Crippen molar-refractivity contribution in [2.24, 2.45) is 0 Å². The van der Waals surface area contributed by atoms with Crippen molar-refractivity contribution in [3.63, 3.8) is 0 Å². The molecule has 0 spiro atoms. The van der Waals surface area contributed by atoms with Crippen molar-refractivity contribution in [1.82, 2.24) is 9.97 Å². The number of rotatable bonds is 6. The number of nitrogens with one attached hydrogen (secondary N) is 1. The summed E-state index contributed by atoms with van der Waals surface area (Å²) in [6, 6.07) is 1.93. The number of alkyl halides is 3. The molecular weight excluding hydrogens is 283 g/mol. The fourth-order valence-corrected chi connectivity index (χ4v) is 2.54. The zero-order valence-corrected chi connectivity index (χ0v) is 12.0. The van der Waals surface area contributed by atoms with E-state index in [1.165, 1.54) is 12.8 Å². The lowest BCUT2D eigenvalue weighted by atomic mass is 10.0. The van der Waals surface area contributed by atoms with Crippen LogP contribution in [-0.4, -0.2) is 36.4 Å². The molecule has 0 atom stereocenters. The van der Waals surface area contributed by atoms with Gasteiger partial charge in [-0.15, -0.1) is 0 Å². The maximum absolute atomic E-state index is 12.0. The summed E-state index contributed by atoms with van der Waals surface area (Å²) < 4.78 is 40.6. The molecule has 0 aliphatic heterocycles. The molecule has 0 radical (unpaired) electrons. The molecule has 1 fully saturated rings. The molecule has 1 N–H and O–H groups in total. The highest BCUT2D eigenvalue weighted by Gasteiger charge is 2.27. The molecule has 4 nitrogen and oxygen atoms in total. The topological polar surface area (TPSA) is 47.0 Å². The number of aromatic nitrogens is 2. The summed E-state index contributed by atoms with van der Waals surface area (Å²) in [5.74, 6) is 1.68. The fourth-order valence-electron chi connectivity index (χ4n) is 2.54.